The number of hydrogen-bond donors (Lipinski definition) is 1. The predicted octanol–water partition coefficient (Wildman–Crippen LogP) is 3.76. The molecule has 0 aromatic heterocycles. The second kappa shape index (κ2) is 6.18. The summed E-state index contributed by atoms with van der Waals surface area (Å²) in [6.07, 6.45) is 3.23. The van der Waals surface area contributed by atoms with Crippen LogP contribution in [0.4, 0.5) is 0 Å². The van der Waals surface area contributed by atoms with Crippen molar-refractivity contribution >= 4 is 0 Å². The van der Waals surface area contributed by atoms with E-state index < -0.39 is 6.10 Å². The molecule has 0 heterocycles. The summed E-state index contributed by atoms with van der Waals surface area (Å²) in [6.45, 7) is 1.93. The fourth-order valence-electron chi connectivity index (χ4n) is 2.22. The monoisotopic (exact) mass is 238 g/mol. The van der Waals surface area contributed by atoms with Gasteiger partial charge < -0.3 is 5.11 Å². The average molecular weight is 238 g/mol. The molecule has 0 saturated carbocycles. The van der Waals surface area contributed by atoms with Gasteiger partial charge in [-0.3, -0.25) is 0 Å². The number of aliphatic hydroxyl groups excluding tert-OH is 1. The zero-order valence-electron chi connectivity index (χ0n) is 10.5. The second-order valence-electron chi connectivity index (χ2n) is 4.32. The van der Waals surface area contributed by atoms with Crippen LogP contribution in [-0.4, -0.2) is 11.2 Å². The molecule has 92 valence electrons. The first kappa shape index (κ1) is 12.6. The molecule has 2 aromatic rings. The van der Waals surface area contributed by atoms with E-state index in [4.69, 9.17) is 0 Å². The van der Waals surface area contributed by atoms with E-state index in [1.165, 1.54) is 0 Å². The summed E-state index contributed by atoms with van der Waals surface area (Å²) >= 11 is 0. The van der Waals surface area contributed by atoms with E-state index in [0.29, 0.717) is 0 Å². The fraction of sp³-hybridized carbons (Fsp3) is 0.176. The lowest BCUT2D eigenvalue weighted by atomic mass is 9.86. The summed E-state index contributed by atoms with van der Waals surface area (Å²) in [4.78, 5) is 0. The normalized spacial score (nSPS) is 13.1. The van der Waals surface area contributed by atoms with Gasteiger partial charge in [-0.05, 0) is 18.1 Å². The highest BCUT2D eigenvalue weighted by molar-refractivity contribution is 5.34. The maximum Gasteiger partial charge on any atom is 0.0829 e. The number of benzene rings is 2. The van der Waals surface area contributed by atoms with Gasteiger partial charge in [-0.15, -0.1) is 0 Å². The van der Waals surface area contributed by atoms with Gasteiger partial charge in [0.05, 0.1) is 6.10 Å². The number of rotatable bonds is 4. The Labute approximate surface area is 108 Å². The highest BCUT2D eigenvalue weighted by Crippen LogP contribution is 2.28. The van der Waals surface area contributed by atoms with E-state index in [2.05, 4.69) is 24.3 Å². The molecule has 0 aliphatic carbocycles. The van der Waals surface area contributed by atoms with Crippen molar-refractivity contribution in [3.63, 3.8) is 0 Å². The molecule has 1 atom stereocenters. The number of aliphatic hydroxyl groups is 1. The van der Waals surface area contributed by atoms with Crippen LogP contribution in [-0.2, 0) is 0 Å². The third kappa shape index (κ3) is 2.88. The number of allylic oxidation sites excluding steroid dienone is 1. The molecule has 0 aliphatic rings. The molecule has 2 rings (SSSR count). The van der Waals surface area contributed by atoms with Crippen molar-refractivity contribution < 1.29 is 5.11 Å². The minimum absolute atomic E-state index is 0.0106. The van der Waals surface area contributed by atoms with E-state index >= 15 is 0 Å². The smallest absolute Gasteiger partial charge is 0.0829 e. The van der Waals surface area contributed by atoms with E-state index in [1.807, 2.05) is 55.5 Å². The lowest BCUT2D eigenvalue weighted by Crippen LogP contribution is -2.17. The Morgan fingerprint density at radius 2 is 1.28 bits per heavy atom. The standard InChI is InChI=1S/C17H18O/c1-2-9-16(18)17(14-10-5-3-6-11-14)15-12-7-4-8-13-15/h2-13,16-18H,1H3/b9-2+/t16-/m0/s1. The Hall–Kier alpha value is -1.86. The molecule has 1 heteroatoms. The second-order valence-corrected chi connectivity index (χ2v) is 4.32. The zero-order chi connectivity index (χ0) is 12.8. The maximum absolute atomic E-state index is 10.3. The molecule has 1 N–H and O–H groups in total. The largest absolute Gasteiger partial charge is 0.388 e. The van der Waals surface area contributed by atoms with Crippen LogP contribution in [0.2, 0.25) is 0 Å². The minimum Gasteiger partial charge on any atom is -0.388 e. The van der Waals surface area contributed by atoms with E-state index in [-0.39, 0.29) is 5.92 Å². The summed E-state index contributed by atoms with van der Waals surface area (Å²) in [5, 5.41) is 10.3. The van der Waals surface area contributed by atoms with Gasteiger partial charge in [0.15, 0.2) is 0 Å². The van der Waals surface area contributed by atoms with Crippen LogP contribution in [0.5, 0.6) is 0 Å². The first-order valence-electron chi connectivity index (χ1n) is 6.23. The van der Waals surface area contributed by atoms with Crippen molar-refractivity contribution in [1.29, 1.82) is 0 Å². The summed E-state index contributed by atoms with van der Waals surface area (Å²) in [5.74, 6) is -0.0106. The molecule has 0 fully saturated rings. The Bertz CT molecular complexity index is 448. The van der Waals surface area contributed by atoms with Gasteiger partial charge in [-0.2, -0.15) is 0 Å². The van der Waals surface area contributed by atoms with E-state index in [0.717, 1.165) is 11.1 Å². The lowest BCUT2D eigenvalue weighted by molar-refractivity contribution is 0.204. The molecule has 0 unspecified atom stereocenters. The maximum atomic E-state index is 10.3. The Morgan fingerprint density at radius 3 is 1.67 bits per heavy atom. The van der Waals surface area contributed by atoms with Gasteiger partial charge >= 0.3 is 0 Å². The SMILES string of the molecule is C/C=C/[C@H](O)C(c1ccccc1)c1ccccc1. The van der Waals surface area contributed by atoms with Crippen LogP contribution in [0.25, 0.3) is 0 Å². The van der Waals surface area contributed by atoms with Crippen molar-refractivity contribution in [1.82, 2.24) is 0 Å². The quantitative estimate of drug-likeness (QED) is 0.804. The summed E-state index contributed by atoms with van der Waals surface area (Å²) in [6, 6.07) is 20.3. The van der Waals surface area contributed by atoms with Crippen molar-refractivity contribution in [2.45, 2.75) is 18.9 Å². The highest BCUT2D eigenvalue weighted by atomic mass is 16.3. The van der Waals surface area contributed by atoms with Crippen molar-refractivity contribution in [2.24, 2.45) is 0 Å². The van der Waals surface area contributed by atoms with Gasteiger partial charge in [0.25, 0.3) is 0 Å². The molecular formula is C17H18O. The molecular weight excluding hydrogens is 220 g/mol. The van der Waals surface area contributed by atoms with E-state index in [1.54, 1.807) is 0 Å². The molecule has 0 radical (unpaired) electrons. The van der Waals surface area contributed by atoms with Crippen LogP contribution in [0, 0.1) is 0 Å². The molecule has 0 saturated heterocycles. The van der Waals surface area contributed by atoms with Gasteiger partial charge in [0, 0.05) is 5.92 Å². The van der Waals surface area contributed by atoms with Gasteiger partial charge in [-0.1, -0.05) is 72.8 Å². The summed E-state index contributed by atoms with van der Waals surface area (Å²) in [5.41, 5.74) is 2.27. The molecule has 2 aromatic carbocycles. The number of hydrogen-bond acceptors (Lipinski definition) is 1. The fourth-order valence-corrected chi connectivity index (χ4v) is 2.22. The molecule has 1 nitrogen and oxygen atoms in total. The lowest BCUT2D eigenvalue weighted by Gasteiger charge is -2.21. The highest BCUT2D eigenvalue weighted by Gasteiger charge is 2.20. The van der Waals surface area contributed by atoms with Gasteiger partial charge in [-0.25, -0.2) is 0 Å². The van der Waals surface area contributed by atoms with Gasteiger partial charge in [0.2, 0.25) is 0 Å². The summed E-state index contributed by atoms with van der Waals surface area (Å²) < 4.78 is 0. The molecule has 18 heavy (non-hydrogen) atoms. The predicted molar refractivity (Wildman–Crippen MR) is 75.5 cm³/mol. The third-order valence-electron chi connectivity index (χ3n) is 3.05. The Morgan fingerprint density at radius 1 is 0.833 bits per heavy atom. The zero-order valence-corrected chi connectivity index (χ0v) is 10.5. The van der Waals surface area contributed by atoms with Crippen LogP contribution in [0.15, 0.2) is 72.8 Å². The topological polar surface area (TPSA) is 20.2 Å². The average Bonchev–Trinajstić information content (AvgIpc) is 2.42. The van der Waals surface area contributed by atoms with Crippen LogP contribution >= 0.6 is 0 Å². The molecule has 0 spiro atoms. The molecule has 0 aliphatic heterocycles. The van der Waals surface area contributed by atoms with Crippen LogP contribution < -0.4 is 0 Å². The third-order valence-corrected chi connectivity index (χ3v) is 3.05. The van der Waals surface area contributed by atoms with Crippen molar-refractivity contribution in [3.05, 3.63) is 83.9 Å². The summed E-state index contributed by atoms with van der Waals surface area (Å²) in [7, 11) is 0. The van der Waals surface area contributed by atoms with Crippen LogP contribution in [0.1, 0.15) is 24.0 Å². The Balaban J connectivity index is 2.41. The minimum atomic E-state index is -0.500. The first-order chi connectivity index (χ1) is 8.83. The molecule has 0 bridgehead atoms. The van der Waals surface area contributed by atoms with Crippen molar-refractivity contribution in [2.75, 3.05) is 0 Å². The van der Waals surface area contributed by atoms with Crippen LogP contribution in [0.3, 0.4) is 0 Å². The first-order valence-corrected chi connectivity index (χ1v) is 6.23. The van der Waals surface area contributed by atoms with Crippen molar-refractivity contribution in [3.8, 4) is 0 Å². The van der Waals surface area contributed by atoms with E-state index in [9.17, 15) is 5.11 Å². The molecule has 0 amide bonds. The van der Waals surface area contributed by atoms with Gasteiger partial charge in [0.1, 0.15) is 0 Å². The Kier molecular flexibility index (Phi) is 4.32.